The summed E-state index contributed by atoms with van der Waals surface area (Å²) in [6.07, 6.45) is 6.85. The van der Waals surface area contributed by atoms with Crippen LogP contribution in [0.5, 0.6) is 11.5 Å². The van der Waals surface area contributed by atoms with Gasteiger partial charge in [0.2, 0.25) is 0 Å². The number of rotatable bonds is 4. The van der Waals surface area contributed by atoms with E-state index in [4.69, 9.17) is 32.7 Å². The van der Waals surface area contributed by atoms with Crippen LogP contribution in [0.2, 0.25) is 10.0 Å². The van der Waals surface area contributed by atoms with Crippen molar-refractivity contribution >= 4 is 35.4 Å². The van der Waals surface area contributed by atoms with Crippen molar-refractivity contribution < 1.29 is 9.47 Å². The molecule has 0 aliphatic carbocycles. The molecule has 0 N–H and O–H groups in total. The first kappa shape index (κ1) is 14.7. The van der Waals surface area contributed by atoms with Crippen LogP contribution in [0.1, 0.15) is 11.1 Å². The minimum atomic E-state index is 0.509. The highest BCUT2D eigenvalue weighted by Gasteiger charge is 2.04. The Labute approximate surface area is 127 Å². The maximum atomic E-state index is 6.06. The molecule has 0 saturated heterocycles. The Bertz CT molecular complexity index is 622. The van der Waals surface area contributed by atoms with E-state index >= 15 is 0 Å². The van der Waals surface area contributed by atoms with E-state index in [-0.39, 0.29) is 0 Å². The fraction of sp³-hybridized carbons (Fsp3) is 0.133. The van der Waals surface area contributed by atoms with Gasteiger partial charge in [-0.3, -0.25) is 4.98 Å². The number of benzene rings is 1. The molecule has 1 heterocycles. The maximum absolute atomic E-state index is 6.06. The molecule has 3 nitrogen and oxygen atoms in total. The zero-order valence-electron chi connectivity index (χ0n) is 11.1. The number of pyridine rings is 1. The Morgan fingerprint density at radius 1 is 0.950 bits per heavy atom. The minimum absolute atomic E-state index is 0.509. The summed E-state index contributed by atoms with van der Waals surface area (Å²) in [5.41, 5.74) is 1.68. The van der Waals surface area contributed by atoms with Gasteiger partial charge in [-0.2, -0.15) is 0 Å². The predicted octanol–water partition coefficient (Wildman–Crippen LogP) is 4.58. The molecule has 0 radical (unpaired) electrons. The lowest BCUT2D eigenvalue weighted by molar-refractivity contribution is 0.355. The summed E-state index contributed by atoms with van der Waals surface area (Å²) in [6.45, 7) is 0. The zero-order chi connectivity index (χ0) is 14.5. The number of ether oxygens (including phenoxy) is 2. The van der Waals surface area contributed by atoms with Gasteiger partial charge < -0.3 is 9.47 Å². The molecule has 20 heavy (non-hydrogen) atoms. The van der Waals surface area contributed by atoms with E-state index in [0.29, 0.717) is 21.5 Å². The number of aromatic nitrogens is 1. The fourth-order valence-corrected chi connectivity index (χ4v) is 2.21. The molecule has 0 saturated carbocycles. The normalized spacial score (nSPS) is 10.8. The number of nitrogens with zero attached hydrogens (tertiary/aromatic N) is 1. The van der Waals surface area contributed by atoms with Crippen molar-refractivity contribution in [3.8, 4) is 11.5 Å². The standard InChI is InChI=1S/C15H13Cl2NO2/c1-19-14-6-4-10(7-15(14)20-2)3-5-11-12(16)8-18-9-13(11)17/h3-9H,1-2H3/b5-3-. The van der Waals surface area contributed by atoms with Gasteiger partial charge in [-0.15, -0.1) is 0 Å². The molecular formula is C15H13Cl2NO2. The summed E-state index contributed by atoms with van der Waals surface area (Å²) >= 11 is 12.1. The van der Waals surface area contributed by atoms with Crippen LogP contribution in [-0.4, -0.2) is 19.2 Å². The van der Waals surface area contributed by atoms with Gasteiger partial charge in [-0.1, -0.05) is 41.4 Å². The number of hydrogen-bond donors (Lipinski definition) is 0. The van der Waals surface area contributed by atoms with E-state index in [1.165, 1.54) is 0 Å². The molecule has 0 fully saturated rings. The second kappa shape index (κ2) is 6.64. The van der Waals surface area contributed by atoms with Crippen molar-refractivity contribution in [3.63, 3.8) is 0 Å². The largest absolute Gasteiger partial charge is 0.493 e. The second-order valence-corrected chi connectivity index (χ2v) is 4.78. The van der Waals surface area contributed by atoms with E-state index in [1.807, 2.05) is 30.4 Å². The SMILES string of the molecule is COc1ccc(/C=C\c2c(Cl)cncc2Cl)cc1OC. The molecule has 104 valence electrons. The van der Waals surface area contributed by atoms with E-state index < -0.39 is 0 Å². The van der Waals surface area contributed by atoms with E-state index in [9.17, 15) is 0 Å². The van der Waals surface area contributed by atoms with Gasteiger partial charge in [0.25, 0.3) is 0 Å². The molecular weight excluding hydrogens is 297 g/mol. The first-order chi connectivity index (χ1) is 9.65. The number of hydrogen-bond acceptors (Lipinski definition) is 3. The maximum Gasteiger partial charge on any atom is 0.161 e. The van der Waals surface area contributed by atoms with E-state index in [1.54, 1.807) is 26.6 Å². The van der Waals surface area contributed by atoms with Gasteiger partial charge in [-0.25, -0.2) is 0 Å². The van der Waals surface area contributed by atoms with Gasteiger partial charge >= 0.3 is 0 Å². The van der Waals surface area contributed by atoms with Crippen LogP contribution in [0.4, 0.5) is 0 Å². The summed E-state index contributed by atoms with van der Waals surface area (Å²) in [4.78, 5) is 3.92. The fourth-order valence-electron chi connectivity index (χ4n) is 1.72. The Kier molecular flexibility index (Phi) is 4.88. The third-order valence-electron chi connectivity index (χ3n) is 2.74. The molecule has 2 aromatic rings. The van der Waals surface area contributed by atoms with Crippen LogP contribution in [0.25, 0.3) is 12.2 Å². The van der Waals surface area contributed by atoms with E-state index in [0.717, 1.165) is 11.1 Å². The number of methoxy groups -OCH3 is 2. The van der Waals surface area contributed by atoms with Crippen molar-refractivity contribution in [1.29, 1.82) is 0 Å². The lowest BCUT2D eigenvalue weighted by Gasteiger charge is -2.07. The van der Waals surface area contributed by atoms with Crippen molar-refractivity contribution in [3.05, 3.63) is 51.8 Å². The summed E-state index contributed by atoms with van der Waals surface area (Å²) in [5.74, 6) is 1.35. The first-order valence-corrected chi connectivity index (χ1v) is 6.60. The Morgan fingerprint density at radius 2 is 1.60 bits per heavy atom. The molecule has 2 rings (SSSR count). The zero-order valence-corrected chi connectivity index (χ0v) is 12.6. The van der Waals surface area contributed by atoms with Crippen LogP contribution in [0.15, 0.2) is 30.6 Å². The average Bonchev–Trinajstić information content (AvgIpc) is 2.46. The molecule has 0 spiro atoms. The average molecular weight is 310 g/mol. The third kappa shape index (κ3) is 3.24. The Balaban J connectivity index is 2.32. The summed E-state index contributed by atoms with van der Waals surface area (Å²) in [5, 5.41) is 1.02. The Hall–Kier alpha value is -1.71. The molecule has 0 amide bonds. The second-order valence-electron chi connectivity index (χ2n) is 3.96. The lowest BCUT2D eigenvalue weighted by Crippen LogP contribution is -1.90. The molecule has 1 aromatic heterocycles. The highest BCUT2D eigenvalue weighted by atomic mass is 35.5. The van der Waals surface area contributed by atoms with Crippen molar-refractivity contribution in [1.82, 2.24) is 4.98 Å². The van der Waals surface area contributed by atoms with Gasteiger partial charge in [0.15, 0.2) is 11.5 Å². The van der Waals surface area contributed by atoms with Crippen molar-refractivity contribution in [2.75, 3.05) is 14.2 Å². The predicted molar refractivity (Wildman–Crippen MR) is 82.7 cm³/mol. The van der Waals surface area contributed by atoms with Gasteiger partial charge in [0.05, 0.1) is 24.3 Å². The van der Waals surface area contributed by atoms with Crippen LogP contribution in [0, 0.1) is 0 Å². The lowest BCUT2D eigenvalue weighted by atomic mass is 10.1. The molecule has 1 aromatic carbocycles. The third-order valence-corrected chi connectivity index (χ3v) is 3.34. The molecule has 0 aliphatic heterocycles. The van der Waals surface area contributed by atoms with Gasteiger partial charge in [0, 0.05) is 18.0 Å². The summed E-state index contributed by atoms with van der Waals surface area (Å²) in [6, 6.07) is 5.63. The molecule has 0 unspecified atom stereocenters. The highest BCUT2D eigenvalue weighted by molar-refractivity contribution is 6.37. The monoisotopic (exact) mass is 309 g/mol. The highest BCUT2D eigenvalue weighted by Crippen LogP contribution is 2.29. The van der Waals surface area contributed by atoms with Crippen LogP contribution >= 0.6 is 23.2 Å². The smallest absolute Gasteiger partial charge is 0.161 e. The van der Waals surface area contributed by atoms with Gasteiger partial charge in [0.1, 0.15) is 0 Å². The molecule has 0 aliphatic rings. The number of halogens is 2. The summed E-state index contributed by atoms with van der Waals surface area (Å²) in [7, 11) is 3.20. The topological polar surface area (TPSA) is 31.4 Å². The van der Waals surface area contributed by atoms with E-state index in [2.05, 4.69) is 4.98 Å². The molecule has 0 bridgehead atoms. The summed E-state index contributed by atoms with van der Waals surface area (Å²) < 4.78 is 10.4. The van der Waals surface area contributed by atoms with Crippen molar-refractivity contribution in [2.45, 2.75) is 0 Å². The minimum Gasteiger partial charge on any atom is -0.493 e. The van der Waals surface area contributed by atoms with Crippen LogP contribution < -0.4 is 9.47 Å². The van der Waals surface area contributed by atoms with Gasteiger partial charge in [-0.05, 0) is 17.7 Å². The quantitative estimate of drug-likeness (QED) is 0.828. The van der Waals surface area contributed by atoms with Crippen molar-refractivity contribution in [2.24, 2.45) is 0 Å². The first-order valence-electron chi connectivity index (χ1n) is 5.85. The Morgan fingerprint density at radius 3 is 2.20 bits per heavy atom. The van der Waals surface area contributed by atoms with Crippen LogP contribution in [-0.2, 0) is 0 Å². The van der Waals surface area contributed by atoms with Crippen LogP contribution in [0.3, 0.4) is 0 Å². The molecule has 5 heteroatoms. The molecule has 0 atom stereocenters.